The lowest BCUT2D eigenvalue weighted by molar-refractivity contribution is -0.141. The summed E-state index contributed by atoms with van der Waals surface area (Å²) in [7, 11) is -3.68. The summed E-state index contributed by atoms with van der Waals surface area (Å²) in [6, 6.07) is 6.43. The van der Waals surface area contributed by atoms with Crippen molar-refractivity contribution in [2.24, 2.45) is 5.41 Å². The quantitative estimate of drug-likeness (QED) is 0.876. The van der Waals surface area contributed by atoms with Crippen molar-refractivity contribution in [3.63, 3.8) is 0 Å². The van der Waals surface area contributed by atoms with Crippen molar-refractivity contribution >= 4 is 15.8 Å². The van der Waals surface area contributed by atoms with E-state index in [1.165, 1.54) is 6.92 Å². The lowest BCUT2D eigenvalue weighted by atomic mass is 10.0. The third-order valence-electron chi connectivity index (χ3n) is 4.22. The SMILES string of the molecule is CCS(=O)(=O)[C@@H]1[C@@H](c2ccc3c(c2)OCO3)[C@@]1(C#N)C(=O)O. The Bertz CT molecular complexity index is 796. The molecule has 0 saturated heterocycles. The van der Waals surface area contributed by atoms with Crippen LogP contribution in [0.15, 0.2) is 18.2 Å². The van der Waals surface area contributed by atoms with Crippen LogP contribution < -0.4 is 9.47 Å². The van der Waals surface area contributed by atoms with Crippen LogP contribution in [-0.2, 0) is 14.6 Å². The zero-order valence-corrected chi connectivity index (χ0v) is 12.5. The lowest BCUT2D eigenvalue weighted by Gasteiger charge is -2.03. The smallest absolute Gasteiger partial charge is 0.326 e. The van der Waals surface area contributed by atoms with E-state index in [1.807, 2.05) is 0 Å². The van der Waals surface area contributed by atoms with Crippen molar-refractivity contribution in [2.75, 3.05) is 12.5 Å². The Labute approximate surface area is 127 Å². The molecule has 0 bridgehead atoms. The minimum Gasteiger partial charge on any atom is -0.480 e. The van der Waals surface area contributed by atoms with Gasteiger partial charge in [0.05, 0.1) is 6.07 Å². The number of rotatable bonds is 4. The van der Waals surface area contributed by atoms with E-state index in [0.29, 0.717) is 17.1 Å². The van der Waals surface area contributed by atoms with E-state index in [-0.39, 0.29) is 12.5 Å². The van der Waals surface area contributed by atoms with Crippen LogP contribution in [0.2, 0.25) is 0 Å². The van der Waals surface area contributed by atoms with Gasteiger partial charge in [-0.25, -0.2) is 8.42 Å². The molecule has 1 fully saturated rings. The normalized spacial score (nSPS) is 28.9. The van der Waals surface area contributed by atoms with E-state index >= 15 is 0 Å². The topological polar surface area (TPSA) is 114 Å². The Kier molecular flexibility index (Phi) is 3.07. The van der Waals surface area contributed by atoms with Gasteiger partial charge in [0, 0.05) is 11.7 Å². The van der Waals surface area contributed by atoms with Crippen molar-refractivity contribution < 1.29 is 27.8 Å². The Morgan fingerprint density at radius 3 is 2.73 bits per heavy atom. The van der Waals surface area contributed by atoms with Crippen LogP contribution in [-0.4, -0.2) is 37.3 Å². The molecule has 0 aromatic heterocycles. The molecule has 0 unspecified atom stereocenters. The number of sulfone groups is 1. The predicted molar refractivity (Wildman–Crippen MR) is 74.2 cm³/mol. The molecule has 1 heterocycles. The number of hydrogen-bond donors (Lipinski definition) is 1. The van der Waals surface area contributed by atoms with Crippen LogP contribution in [0.1, 0.15) is 18.4 Å². The predicted octanol–water partition coefficient (Wildman–Crippen LogP) is 0.910. The highest BCUT2D eigenvalue weighted by Gasteiger charge is 2.76. The number of ether oxygens (including phenoxy) is 2. The number of benzene rings is 1. The molecular weight excluding hydrogens is 310 g/mol. The van der Waals surface area contributed by atoms with Crippen LogP contribution in [0.3, 0.4) is 0 Å². The van der Waals surface area contributed by atoms with Crippen molar-refractivity contribution in [2.45, 2.75) is 18.1 Å². The van der Waals surface area contributed by atoms with Crippen molar-refractivity contribution in [1.82, 2.24) is 0 Å². The summed E-state index contributed by atoms with van der Waals surface area (Å²) in [5.74, 6) is -1.60. The molecule has 2 aliphatic rings. The Balaban J connectivity index is 2.09. The fraction of sp³-hybridized carbons (Fsp3) is 0.429. The summed E-state index contributed by atoms with van der Waals surface area (Å²) in [5, 5.41) is 17.5. The molecule has 116 valence electrons. The zero-order chi connectivity index (χ0) is 16.1. The molecule has 1 aromatic rings. The van der Waals surface area contributed by atoms with Gasteiger partial charge in [0.25, 0.3) is 0 Å². The number of carbonyl (C=O) groups is 1. The second-order valence-corrected chi connectivity index (χ2v) is 7.66. The molecule has 1 aliphatic carbocycles. The Hall–Kier alpha value is -2.27. The minimum atomic E-state index is -3.68. The molecule has 0 radical (unpaired) electrons. The number of fused-ring (bicyclic) bond motifs is 1. The molecule has 0 amide bonds. The van der Waals surface area contributed by atoms with Gasteiger partial charge in [0.15, 0.2) is 26.8 Å². The maximum absolute atomic E-state index is 12.2. The highest BCUT2D eigenvalue weighted by atomic mass is 32.2. The molecule has 1 aliphatic heterocycles. The maximum Gasteiger partial charge on any atom is 0.326 e. The van der Waals surface area contributed by atoms with E-state index in [2.05, 4.69) is 0 Å². The first-order valence-corrected chi connectivity index (χ1v) is 8.35. The molecule has 22 heavy (non-hydrogen) atoms. The van der Waals surface area contributed by atoms with Gasteiger partial charge in [-0.05, 0) is 17.7 Å². The fourth-order valence-corrected chi connectivity index (χ4v) is 4.94. The average molecular weight is 323 g/mol. The first kappa shape index (κ1) is 14.7. The number of aliphatic carboxylic acids is 1. The second kappa shape index (κ2) is 4.61. The van der Waals surface area contributed by atoms with Gasteiger partial charge in [-0.3, -0.25) is 4.79 Å². The summed E-state index contributed by atoms with van der Waals surface area (Å²) >= 11 is 0. The van der Waals surface area contributed by atoms with Gasteiger partial charge in [0.2, 0.25) is 6.79 Å². The van der Waals surface area contributed by atoms with Gasteiger partial charge in [-0.2, -0.15) is 5.26 Å². The van der Waals surface area contributed by atoms with Gasteiger partial charge in [-0.15, -0.1) is 0 Å². The summed E-state index contributed by atoms with van der Waals surface area (Å²) in [5.41, 5.74) is -1.49. The molecule has 1 saturated carbocycles. The summed E-state index contributed by atoms with van der Waals surface area (Å²) < 4.78 is 34.8. The first-order chi connectivity index (χ1) is 10.4. The van der Waals surface area contributed by atoms with E-state index < -0.39 is 32.4 Å². The number of carboxylic acids is 1. The molecule has 3 rings (SSSR count). The maximum atomic E-state index is 12.2. The van der Waals surface area contributed by atoms with Gasteiger partial charge in [0.1, 0.15) is 5.25 Å². The number of hydrogen-bond acceptors (Lipinski definition) is 6. The highest BCUT2D eigenvalue weighted by molar-refractivity contribution is 7.92. The van der Waals surface area contributed by atoms with Crippen LogP contribution >= 0.6 is 0 Å². The minimum absolute atomic E-state index is 0.0580. The number of carboxylic acid groups (broad SMARTS) is 1. The van der Waals surface area contributed by atoms with E-state index in [4.69, 9.17) is 9.47 Å². The number of nitrogens with zero attached hydrogens (tertiary/aromatic N) is 1. The highest BCUT2D eigenvalue weighted by Crippen LogP contribution is 2.63. The standard InChI is InChI=1S/C14H13NO6S/c1-2-22(18,19)12-11(14(12,6-15)13(16)17)8-3-4-9-10(5-8)21-7-20-9/h3-5,11-12H,2,7H2,1H3,(H,16,17)/t11-,12-,14-/m1/s1. The van der Waals surface area contributed by atoms with Crippen molar-refractivity contribution in [3.8, 4) is 17.6 Å². The average Bonchev–Trinajstić information content (AvgIpc) is 3.00. The third-order valence-corrected chi connectivity index (χ3v) is 6.44. The molecule has 1 aromatic carbocycles. The van der Waals surface area contributed by atoms with Crippen LogP contribution in [0.4, 0.5) is 0 Å². The Morgan fingerprint density at radius 1 is 1.45 bits per heavy atom. The number of nitriles is 1. The van der Waals surface area contributed by atoms with E-state index in [9.17, 15) is 23.6 Å². The molecule has 1 N–H and O–H groups in total. The van der Waals surface area contributed by atoms with Crippen LogP contribution in [0.25, 0.3) is 0 Å². The second-order valence-electron chi connectivity index (χ2n) is 5.25. The molecule has 8 heteroatoms. The van der Waals surface area contributed by atoms with Crippen molar-refractivity contribution in [1.29, 1.82) is 5.26 Å². The van der Waals surface area contributed by atoms with Gasteiger partial charge in [-0.1, -0.05) is 13.0 Å². The molecular formula is C14H13NO6S. The first-order valence-electron chi connectivity index (χ1n) is 6.64. The third kappa shape index (κ3) is 1.78. The van der Waals surface area contributed by atoms with Crippen LogP contribution in [0.5, 0.6) is 11.5 Å². The van der Waals surface area contributed by atoms with Gasteiger partial charge >= 0.3 is 5.97 Å². The summed E-state index contributed by atoms with van der Waals surface area (Å²) in [6.07, 6.45) is 0. The molecule has 3 atom stereocenters. The fourth-order valence-electron chi connectivity index (χ4n) is 3.01. The van der Waals surface area contributed by atoms with Gasteiger partial charge < -0.3 is 14.6 Å². The van der Waals surface area contributed by atoms with E-state index in [1.54, 1.807) is 24.3 Å². The molecule has 7 nitrogen and oxygen atoms in total. The largest absolute Gasteiger partial charge is 0.480 e. The molecule has 0 spiro atoms. The zero-order valence-electron chi connectivity index (χ0n) is 11.6. The summed E-state index contributed by atoms with van der Waals surface area (Å²) in [4.78, 5) is 11.6. The van der Waals surface area contributed by atoms with Crippen LogP contribution in [0, 0.1) is 16.7 Å². The monoisotopic (exact) mass is 323 g/mol. The summed E-state index contributed by atoms with van der Waals surface area (Å²) in [6.45, 7) is 1.50. The van der Waals surface area contributed by atoms with E-state index in [0.717, 1.165) is 0 Å². The lowest BCUT2D eigenvalue weighted by Crippen LogP contribution is -2.23. The van der Waals surface area contributed by atoms with Crippen molar-refractivity contribution in [3.05, 3.63) is 23.8 Å². The Morgan fingerprint density at radius 2 is 2.14 bits per heavy atom.